The fraction of sp³-hybridized carbons (Fsp3) is 0.0952. The number of para-hydroxylation sites is 1. The Morgan fingerprint density at radius 1 is 1.23 bits per heavy atom. The van der Waals surface area contributed by atoms with E-state index in [-0.39, 0.29) is 5.91 Å². The molecule has 0 aliphatic carbocycles. The normalized spacial score (nSPS) is 11.3. The zero-order valence-corrected chi connectivity index (χ0v) is 18.3. The number of aromatic nitrogens is 2. The third-order valence-electron chi connectivity index (χ3n) is 4.38. The highest BCUT2D eigenvalue weighted by Gasteiger charge is 2.17. The number of thiophene rings is 1. The Morgan fingerprint density at radius 3 is 2.73 bits per heavy atom. The highest BCUT2D eigenvalue weighted by Crippen LogP contribution is 2.32. The monoisotopic (exact) mass is 458 g/mol. The second kappa shape index (κ2) is 8.47. The van der Waals surface area contributed by atoms with Gasteiger partial charge in [0.05, 0.1) is 34.6 Å². The topological polar surface area (TPSA) is 68.5 Å². The minimum atomic E-state index is -0.321. The van der Waals surface area contributed by atoms with E-state index >= 15 is 0 Å². The van der Waals surface area contributed by atoms with Gasteiger partial charge in [-0.25, -0.2) is 10.1 Å². The molecule has 4 rings (SSSR count). The number of carbonyl (C=O) groups excluding carboxylic acids is 1. The molecule has 2 heterocycles. The van der Waals surface area contributed by atoms with Crippen LogP contribution in [0, 0.1) is 6.92 Å². The number of aryl methyl sites for hydroxylation is 1. The number of hydrogen-bond donors (Lipinski definition) is 1. The third kappa shape index (κ3) is 3.92. The lowest BCUT2D eigenvalue weighted by Gasteiger charge is -2.07. The molecule has 0 saturated carbocycles. The van der Waals surface area contributed by atoms with E-state index in [1.807, 2.05) is 48.0 Å². The summed E-state index contributed by atoms with van der Waals surface area (Å²) in [5.41, 5.74) is 4.88. The van der Waals surface area contributed by atoms with E-state index in [2.05, 4.69) is 15.6 Å². The van der Waals surface area contributed by atoms with Gasteiger partial charge in [0.25, 0.3) is 5.91 Å². The first-order chi connectivity index (χ1) is 14.5. The zero-order valence-electron chi connectivity index (χ0n) is 16.0. The van der Waals surface area contributed by atoms with Gasteiger partial charge in [0.2, 0.25) is 0 Å². The second-order valence-corrected chi connectivity index (χ2v) is 8.25. The van der Waals surface area contributed by atoms with Gasteiger partial charge < -0.3 is 4.74 Å². The average Bonchev–Trinajstić information content (AvgIpc) is 3.29. The maximum absolute atomic E-state index is 12.6. The Balaban J connectivity index is 1.58. The molecule has 9 heteroatoms. The van der Waals surface area contributed by atoms with Crippen molar-refractivity contribution in [3.63, 3.8) is 0 Å². The van der Waals surface area contributed by atoms with Gasteiger partial charge in [-0.2, -0.15) is 10.2 Å². The van der Waals surface area contributed by atoms with Crippen LogP contribution in [0.4, 0.5) is 0 Å². The highest BCUT2D eigenvalue weighted by molar-refractivity contribution is 7.20. The molecule has 4 aromatic rings. The summed E-state index contributed by atoms with van der Waals surface area (Å²) in [7, 11) is 1.50. The number of rotatable bonds is 5. The summed E-state index contributed by atoms with van der Waals surface area (Å²) >= 11 is 13.5. The molecule has 1 N–H and O–H groups in total. The van der Waals surface area contributed by atoms with Crippen molar-refractivity contribution in [1.82, 2.24) is 15.2 Å². The molecule has 0 saturated heterocycles. The largest absolute Gasteiger partial charge is 0.495 e. The van der Waals surface area contributed by atoms with E-state index in [1.165, 1.54) is 24.7 Å². The van der Waals surface area contributed by atoms with Crippen LogP contribution < -0.4 is 10.2 Å². The number of hydrazone groups is 1. The lowest BCUT2D eigenvalue weighted by Crippen LogP contribution is -2.16. The van der Waals surface area contributed by atoms with Crippen LogP contribution in [-0.2, 0) is 0 Å². The number of amides is 1. The first-order valence-electron chi connectivity index (χ1n) is 8.89. The standard InChI is InChI=1S/C21H16Cl2N4O2S/c1-12-16-10-18(30-21(16)27(26-12)15-6-4-3-5-7-15)20(28)25-24-11-13-8-14(22)9-17(23)19(13)29-2/h3-11H,1-2H3,(H,25,28)/b24-11-. The second-order valence-electron chi connectivity index (χ2n) is 6.37. The molecule has 1 amide bonds. The van der Waals surface area contributed by atoms with Crippen LogP contribution in [0.1, 0.15) is 20.9 Å². The molecule has 0 fully saturated rings. The molecule has 0 radical (unpaired) electrons. The summed E-state index contributed by atoms with van der Waals surface area (Å²) in [5, 5.41) is 10.4. The molecule has 0 atom stereocenters. The molecule has 0 aliphatic heterocycles. The number of ether oxygens (including phenoxy) is 1. The number of carbonyl (C=O) groups is 1. The molecule has 0 unspecified atom stereocenters. The Bertz CT molecular complexity index is 1270. The predicted molar refractivity (Wildman–Crippen MR) is 122 cm³/mol. The molecule has 152 valence electrons. The van der Waals surface area contributed by atoms with Gasteiger partial charge >= 0.3 is 0 Å². The molecule has 2 aromatic heterocycles. The summed E-state index contributed by atoms with van der Waals surface area (Å²) in [5.74, 6) is 0.109. The first-order valence-corrected chi connectivity index (χ1v) is 10.5. The number of nitrogens with zero attached hydrogens (tertiary/aromatic N) is 3. The van der Waals surface area contributed by atoms with Gasteiger partial charge in [-0.15, -0.1) is 11.3 Å². The number of hydrogen-bond acceptors (Lipinski definition) is 5. The van der Waals surface area contributed by atoms with Crippen LogP contribution in [0.25, 0.3) is 15.9 Å². The molecule has 0 spiro atoms. The van der Waals surface area contributed by atoms with Gasteiger partial charge in [0.1, 0.15) is 10.6 Å². The fourth-order valence-electron chi connectivity index (χ4n) is 3.01. The van der Waals surface area contributed by atoms with E-state index in [0.717, 1.165) is 21.6 Å². The Kier molecular flexibility index (Phi) is 5.76. The van der Waals surface area contributed by atoms with Crippen molar-refractivity contribution in [3.05, 3.63) is 74.7 Å². The van der Waals surface area contributed by atoms with Crippen molar-refractivity contribution in [2.45, 2.75) is 6.92 Å². The molecule has 2 aromatic carbocycles. The van der Waals surface area contributed by atoms with Gasteiger partial charge in [0.15, 0.2) is 0 Å². The van der Waals surface area contributed by atoms with Crippen LogP contribution in [0.3, 0.4) is 0 Å². The summed E-state index contributed by atoms with van der Waals surface area (Å²) in [6.45, 7) is 1.92. The highest BCUT2D eigenvalue weighted by atomic mass is 35.5. The average molecular weight is 459 g/mol. The van der Waals surface area contributed by atoms with Crippen molar-refractivity contribution in [2.24, 2.45) is 5.10 Å². The van der Waals surface area contributed by atoms with E-state index in [0.29, 0.717) is 26.2 Å². The van der Waals surface area contributed by atoms with Gasteiger partial charge in [-0.1, -0.05) is 41.4 Å². The number of benzene rings is 2. The van der Waals surface area contributed by atoms with Gasteiger partial charge in [-0.05, 0) is 37.3 Å². The van der Waals surface area contributed by atoms with Crippen LogP contribution in [0.2, 0.25) is 10.0 Å². The number of halogens is 2. The molecule has 6 nitrogen and oxygen atoms in total. The van der Waals surface area contributed by atoms with Crippen molar-refractivity contribution >= 4 is 56.9 Å². The SMILES string of the molecule is COc1c(Cl)cc(Cl)cc1/C=N\NC(=O)c1cc2c(C)nn(-c3ccccc3)c2s1. The van der Waals surface area contributed by atoms with Gasteiger partial charge in [0, 0.05) is 16.0 Å². The maximum Gasteiger partial charge on any atom is 0.281 e. The van der Waals surface area contributed by atoms with Gasteiger partial charge in [-0.3, -0.25) is 4.79 Å². The Hall–Kier alpha value is -2.87. The quantitative estimate of drug-likeness (QED) is 0.318. The van der Waals surface area contributed by atoms with Crippen molar-refractivity contribution < 1.29 is 9.53 Å². The minimum Gasteiger partial charge on any atom is -0.495 e. The van der Waals surface area contributed by atoms with Crippen LogP contribution in [0.5, 0.6) is 5.75 Å². The van der Waals surface area contributed by atoms with Crippen molar-refractivity contribution in [3.8, 4) is 11.4 Å². The maximum atomic E-state index is 12.6. The van der Waals surface area contributed by atoms with Crippen LogP contribution in [0.15, 0.2) is 53.6 Å². The smallest absolute Gasteiger partial charge is 0.281 e. The summed E-state index contributed by atoms with van der Waals surface area (Å²) in [6, 6.07) is 14.8. The first kappa shape index (κ1) is 20.4. The molecule has 0 aliphatic rings. The Morgan fingerprint density at radius 2 is 2.00 bits per heavy atom. The lowest BCUT2D eigenvalue weighted by atomic mass is 10.2. The molecule has 30 heavy (non-hydrogen) atoms. The minimum absolute atomic E-state index is 0.321. The summed E-state index contributed by atoms with van der Waals surface area (Å²) in [6.07, 6.45) is 1.44. The number of fused-ring (bicyclic) bond motifs is 1. The molecular weight excluding hydrogens is 443 g/mol. The van der Waals surface area contributed by atoms with E-state index in [4.69, 9.17) is 27.9 Å². The lowest BCUT2D eigenvalue weighted by molar-refractivity contribution is 0.0959. The predicted octanol–water partition coefficient (Wildman–Crippen LogP) is 5.47. The number of methoxy groups -OCH3 is 1. The fourth-order valence-corrected chi connectivity index (χ4v) is 4.67. The molecular formula is C21H16Cl2N4O2S. The number of nitrogens with one attached hydrogen (secondary N) is 1. The van der Waals surface area contributed by atoms with Crippen LogP contribution in [-0.4, -0.2) is 29.0 Å². The van der Waals surface area contributed by atoms with Crippen LogP contribution >= 0.6 is 34.5 Å². The Labute approximate surface area is 186 Å². The van der Waals surface area contributed by atoms with E-state index in [1.54, 1.807) is 12.1 Å². The summed E-state index contributed by atoms with van der Waals surface area (Å²) in [4.78, 5) is 14.1. The molecule has 0 bridgehead atoms. The van der Waals surface area contributed by atoms with Crippen molar-refractivity contribution in [1.29, 1.82) is 0 Å². The van der Waals surface area contributed by atoms with Crippen molar-refractivity contribution in [2.75, 3.05) is 7.11 Å². The third-order valence-corrected chi connectivity index (χ3v) is 5.99. The van der Waals surface area contributed by atoms with E-state index in [9.17, 15) is 4.79 Å². The summed E-state index contributed by atoms with van der Waals surface area (Å²) < 4.78 is 7.11. The van der Waals surface area contributed by atoms with E-state index < -0.39 is 0 Å². The zero-order chi connectivity index (χ0) is 21.3.